The molecule has 0 saturated heterocycles. The van der Waals surface area contributed by atoms with Gasteiger partial charge in [-0.15, -0.1) is 0 Å². The second kappa shape index (κ2) is 9.80. The van der Waals surface area contributed by atoms with Crippen molar-refractivity contribution in [2.75, 3.05) is 23.0 Å². The molecular formula is C21H21ClN2O7S3. The monoisotopic (exact) mass is 544 g/mol. The van der Waals surface area contributed by atoms with Crippen LogP contribution in [0.25, 0.3) is 16.3 Å². The summed E-state index contributed by atoms with van der Waals surface area (Å²) in [5, 5.41) is 1.25. The Balaban J connectivity index is 1.70. The quantitative estimate of drug-likeness (QED) is 0.321. The fraction of sp³-hybridized carbons (Fsp3) is 0.286. The SMILES string of the molecule is O=S(=O)([O-])CCC[n+]1c(/C=C2\Oc3ccc(Cl)cc3N2CCCS(=O)(=O)O)sc2ccccc21. The number of nitrogens with zero attached hydrogens (tertiary/aromatic N) is 2. The van der Waals surface area contributed by atoms with E-state index in [1.807, 2.05) is 28.8 Å². The van der Waals surface area contributed by atoms with Crippen LogP contribution in [-0.4, -0.2) is 44.0 Å². The van der Waals surface area contributed by atoms with Gasteiger partial charge in [0.1, 0.15) is 4.70 Å². The van der Waals surface area contributed by atoms with Gasteiger partial charge in [-0.25, -0.2) is 8.42 Å². The first kappa shape index (κ1) is 24.9. The van der Waals surface area contributed by atoms with E-state index < -0.39 is 31.7 Å². The lowest BCUT2D eigenvalue weighted by Gasteiger charge is -2.17. The Morgan fingerprint density at radius 3 is 2.62 bits per heavy atom. The van der Waals surface area contributed by atoms with Crippen molar-refractivity contribution in [3.05, 3.63) is 58.4 Å². The second-order valence-corrected chi connectivity index (χ2v) is 12.3. The number of anilines is 1. The zero-order chi connectivity index (χ0) is 24.5. The summed E-state index contributed by atoms with van der Waals surface area (Å²) in [5.41, 5.74) is 1.55. The average Bonchev–Trinajstić information content (AvgIpc) is 3.24. The van der Waals surface area contributed by atoms with E-state index in [0.717, 1.165) is 15.2 Å². The maximum atomic E-state index is 11.2. The summed E-state index contributed by atoms with van der Waals surface area (Å²) in [6.45, 7) is 0.560. The Bertz CT molecular complexity index is 1470. The third kappa shape index (κ3) is 6.06. The van der Waals surface area contributed by atoms with Crippen molar-refractivity contribution in [2.24, 2.45) is 0 Å². The third-order valence-electron chi connectivity index (χ3n) is 5.14. The molecule has 4 rings (SSSR count). The predicted octanol–water partition coefficient (Wildman–Crippen LogP) is 3.25. The van der Waals surface area contributed by atoms with E-state index in [9.17, 15) is 21.4 Å². The molecule has 3 aromatic rings. The lowest BCUT2D eigenvalue weighted by molar-refractivity contribution is -0.668. The number of para-hydroxylation sites is 1. The van der Waals surface area contributed by atoms with E-state index in [4.69, 9.17) is 20.9 Å². The molecule has 2 heterocycles. The first-order chi connectivity index (χ1) is 16.0. The van der Waals surface area contributed by atoms with E-state index in [1.54, 1.807) is 29.2 Å². The van der Waals surface area contributed by atoms with Gasteiger partial charge in [0.2, 0.25) is 11.4 Å². The number of benzene rings is 2. The molecule has 182 valence electrons. The van der Waals surface area contributed by atoms with Gasteiger partial charge in [0.15, 0.2) is 12.3 Å². The van der Waals surface area contributed by atoms with E-state index >= 15 is 0 Å². The van der Waals surface area contributed by atoms with E-state index in [0.29, 0.717) is 28.9 Å². The van der Waals surface area contributed by atoms with E-state index in [1.165, 1.54) is 11.3 Å². The topological polar surface area (TPSA) is 128 Å². The normalized spacial score (nSPS) is 15.1. The largest absolute Gasteiger partial charge is 0.748 e. The number of hydrogen-bond acceptors (Lipinski definition) is 8. The molecule has 1 N–H and O–H groups in total. The van der Waals surface area contributed by atoms with Crippen molar-refractivity contribution < 1.29 is 35.2 Å². The summed E-state index contributed by atoms with van der Waals surface area (Å²) in [7, 11) is -8.44. The van der Waals surface area contributed by atoms with Crippen LogP contribution in [0.15, 0.2) is 48.3 Å². The number of hydrogen-bond donors (Lipinski definition) is 1. The Hall–Kier alpha value is -2.22. The molecule has 0 unspecified atom stereocenters. The van der Waals surface area contributed by atoms with Crippen molar-refractivity contribution in [3.8, 4) is 5.75 Å². The molecule has 0 radical (unpaired) electrons. The second-order valence-electron chi connectivity index (χ2n) is 7.66. The smallest absolute Gasteiger partial charge is 0.268 e. The fourth-order valence-electron chi connectivity index (χ4n) is 3.71. The standard InChI is InChI=1S/C21H21ClN2O7S3/c22-15-7-8-18-17(13-15)23(9-3-11-33(25,26)27)20(31-18)14-21-24(10-4-12-34(28,29)30)16-5-1-2-6-19(16)32-21/h1-2,5-8,13-14H,3-4,9-12H2,(H-,25,26,27,28,29,30). The summed E-state index contributed by atoms with van der Waals surface area (Å²) in [6, 6.07) is 12.7. The summed E-state index contributed by atoms with van der Waals surface area (Å²) >= 11 is 7.63. The number of halogens is 1. The molecule has 34 heavy (non-hydrogen) atoms. The summed E-state index contributed by atoms with van der Waals surface area (Å²) in [5.74, 6) is 0.110. The van der Waals surface area contributed by atoms with Crippen LogP contribution in [0.5, 0.6) is 5.75 Å². The maximum absolute atomic E-state index is 11.2. The first-order valence-electron chi connectivity index (χ1n) is 10.3. The van der Waals surface area contributed by atoms with Gasteiger partial charge < -0.3 is 14.2 Å². The minimum Gasteiger partial charge on any atom is -0.748 e. The number of fused-ring (bicyclic) bond motifs is 2. The molecule has 2 aromatic carbocycles. The molecule has 0 atom stereocenters. The van der Waals surface area contributed by atoms with Crippen LogP contribution in [0.4, 0.5) is 5.69 Å². The fourth-order valence-corrected chi connectivity index (χ4v) is 5.97. The van der Waals surface area contributed by atoms with Crippen molar-refractivity contribution in [1.82, 2.24) is 0 Å². The van der Waals surface area contributed by atoms with Crippen LogP contribution in [0.2, 0.25) is 5.02 Å². The molecule has 0 spiro atoms. The predicted molar refractivity (Wildman–Crippen MR) is 130 cm³/mol. The van der Waals surface area contributed by atoms with Crippen LogP contribution in [0.1, 0.15) is 17.8 Å². The molecule has 0 saturated carbocycles. The van der Waals surface area contributed by atoms with Crippen molar-refractivity contribution in [2.45, 2.75) is 19.4 Å². The molecule has 1 aromatic heterocycles. The third-order valence-corrected chi connectivity index (χ3v) is 8.08. The molecule has 0 bridgehead atoms. The maximum Gasteiger partial charge on any atom is 0.268 e. The molecule has 0 aliphatic carbocycles. The van der Waals surface area contributed by atoms with Crippen LogP contribution in [0, 0.1) is 0 Å². The van der Waals surface area contributed by atoms with E-state index in [-0.39, 0.29) is 19.4 Å². The Kier molecular flexibility index (Phi) is 7.17. The van der Waals surface area contributed by atoms with Gasteiger partial charge in [-0.1, -0.05) is 35.1 Å². The molecule has 13 heteroatoms. The first-order valence-corrected chi connectivity index (χ1v) is 14.6. The summed E-state index contributed by atoms with van der Waals surface area (Å²) in [6.07, 6.45) is 2.10. The van der Waals surface area contributed by atoms with Crippen molar-refractivity contribution in [3.63, 3.8) is 0 Å². The average molecular weight is 545 g/mol. The summed E-state index contributed by atoms with van der Waals surface area (Å²) in [4.78, 5) is 1.78. The van der Waals surface area contributed by atoms with Crippen LogP contribution in [0.3, 0.4) is 0 Å². The highest BCUT2D eigenvalue weighted by atomic mass is 35.5. The number of rotatable bonds is 9. The van der Waals surface area contributed by atoms with Gasteiger partial charge in [0.25, 0.3) is 15.1 Å². The molecule has 1 aliphatic rings. The highest BCUT2D eigenvalue weighted by Crippen LogP contribution is 2.41. The van der Waals surface area contributed by atoms with Crippen LogP contribution < -0.4 is 14.2 Å². The molecular weight excluding hydrogens is 524 g/mol. The number of aromatic nitrogens is 1. The van der Waals surface area contributed by atoms with Gasteiger partial charge in [-0.3, -0.25) is 4.55 Å². The van der Waals surface area contributed by atoms with Crippen molar-refractivity contribution >= 4 is 65.2 Å². The van der Waals surface area contributed by atoms with Gasteiger partial charge in [-0.05, 0) is 30.7 Å². The molecule has 9 nitrogen and oxygen atoms in total. The number of thiazole rings is 1. The van der Waals surface area contributed by atoms with Gasteiger partial charge >= 0.3 is 0 Å². The van der Waals surface area contributed by atoms with Gasteiger partial charge in [-0.2, -0.15) is 13.0 Å². The van der Waals surface area contributed by atoms with E-state index in [2.05, 4.69) is 0 Å². The van der Waals surface area contributed by atoms with Gasteiger partial charge in [0.05, 0.1) is 27.6 Å². The molecule has 1 aliphatic heterocycles. The molecule has 0 amide bonds. The Morgan fingerprint density at radius 2 is 1.88 bits per heavy atom. The highest BCUT2D eigenvalue weighted by Gasteiger charge is 2.29. The number of aryl methyl sites for hydroxylation is 1. The molecule has 0 fully saturated rings. The highest BCUT2D eigenvalue weighted by molar-refractivity contribution is 7.85. The minimum absolute atomic E-state index is 0.152. The lowest BCUT2D eigenvalue weighted by Crippen LogP contribution is -2.36. The summed E-state index contributed by atoms with van der Waals surface area (Å²) < 4.78 is 73.7. The minimum atomic E-state index is -4.33. The van der Waals surface area contributed by atoms with Gasteiger partial charge in [0, 0.05) is 29.8 Å². The zero-order valence-electron chi connectivity index (χ0n) is 17.8. The van der Waals surface area contributed by atoms with Crippen molar-refractivity contribution in [1.29, 1.82) is 0 Å². The number of ether oxygens (including phenoxy) is 1. The Labute approximate surface area is 206 Å². The van der Waals surface area contributed by atoms with Crippen LogP contribution in [-0.2, 0) is 26.8 Å². The Morgan fingerprint density at radius 1 is 1.12 bits per heavy atom. The zero-order valence-corrected chi connectivity index (χ0v) is 21.0. The van der Waals surface area contributed by atoms with Crippen LogP contribution >= 0.6 is 22.9 Å². The lowest BCUT2D eigenvalue weighted by atomic mass is 10.2.